The number of aliphatic hydroxyl groups excluding tert-OH is 1. The van der Waals surface area contributed by atoms with Gasteiger partial charge in [0.15, 0.2) is 0 Å². The zero-order chi connectivity index (χ0) is 14.5. The minimum Gasteiger partial charge on any atom is -0.393 e. The Morgan fingerprint density at radius 3 is 2.65 bits per heavy atom. The van der Waals surface area contributed by atoms with Crippen LogP contribution in [-0.4, -0.2) is 53.2 Å². The lowest BCUT2D eigenvalue weighted by atomic mass is 10.2. The minimum absolute atomic E-state index is 0.134. The van der Waals surface area contributed by atoms with Crippen LogP contribution in [0.2, 0.25) is 0 Å². The number of nitrogens with zero attached hydrogens (tertiary/aromatic N) is 3. The van der Waals surface area contributed by atoms with Crippen molar-refractivity contribution in [1.29, 1.82) is 0 Å². The third-order valence-corrected chi connectivity index (χ3v) is 3.91. The van der Waals surface area contributed by atoms with E-state index in [0.717, 1.165) is 36.5 Å². The fourth-order valence-electron chi connectivity index (χ4n) is 2.23. The van der Waals surface area contributed by atoms with E-state index < -0.39 is 6.10 Å². The zero-order valence-corrected chi connectivity index (χ0v) is 13.2. The molecule has 1 fully saturated rings. The summed E-state index contributed by atoms with van der Waals surface area (Å²) in [6.45, 7) is 4.75. The topological polar surface area (TPSA) is 56.7 Å². The van der Waals surface area contributed by atoms with Gasteiger partial charge in [-0.05, 0) is 41.4 Å². The van der Waals surface area contributed by atoms with E-state index in [1.807, 2.05) is 17.0 Å². The van der Waals surface area contributed by atoms with Gasteiger partial charge in [0.1, 0.15) is 5.82 Å². The molecule has 0 radical (unpaired) electrons. The molecule has 0 aliphatic carbocycles. The smallest absolute Gasteiger partial charge is 0.222 e. The molecule has 1 saturated heterocycles. The first-order chi connectivity index (χ1) is 9.56. The Labute approximate surface area is 127 Å². The first kappa shape index (κ1) is 15.3. The van der Waals surface area contributed by atoms with Crippen LogP contribution in [0.5, 0.6) is 0 Å². The molecule has 1 aromatic rings. The van der Waals surface area contributed by atoms with Crippen molar-refractivity contribution < 1.29 is 9.90 Å². The van der Waals surface area contributed by atoms with Crippen molar-refractivity contribution in [2.24, 2.45) is 0 Å². The number of aromatic nitrogens is 1. The summed E-state index contributed by atoms with van der Waals surface area (Å²) in [6.07, 6.45) is 2.34. The van der Waals surface area contributed by atoms with Gasteiger partial charge < -0.3 is 14.9 Å². The van der Waals surface area contributed by atoms with E-state index in [0.29, 0.717) is 12.8 Å². The lowest BCUT2D eigenvalue weighted by molar-refractivity contribution is -0.132. The van der Waals surface area contributed by atoms with E-state index in [2.05, 4.69) is 25.8 Å². The molecule has 1 amide bonds. The van der Waals surface area contributed by atoms with Crippen LogP contribution in [0, 0.1) is 0 Å². The van der Waals surface area contributed by atoms with E-state index in [4.69, 9.17) is 0 Å². The number of halogens is 1. The normalized spacial score (nSPS) is 17.1. The van der Waals surface area contributed by atoms with E-state index in [9.17, 15) is 9.90 Å². The number of hydrogen-bond acceptors (Lipinski definition) is 4. The summed E-state index contributed by atoms with van der Waals surface area (Å²) in [4.78, 5) is 20.4. The quantitative estimate of drug-likeness (QED) is 0.904. The summed E-state index contributed by atoms with van der Waals surface area (Å²) < 4.78 is 0.966. The van der Waals surface area contributed by atoms with E-state index in [-0.39, 0.29) is 5.91 Å². The van der Waals surface area contributed by atoms with Crippen molar-refractivity contribution in [3.63, 3.8) is 0 Å². The van der Waals surface area contributed by atoms with E-state index in [1.165, 1.54) is 0 Å². The van der Waals surface area contributed by atoms with Crippen LogP contribution in [0.1, 0.15) is 19.8 Å². The van der Waals surface area contributed by atoms with Gasteiger partial charge in [0.25, 0.3) is 0 Å². The monoisotopic (exact) mass is 341 g/mol. The lowest BCUT2D eigenvalue weighted by Gasteiger charge is -2.35. The van der Waals surface area contributed by atoms with Crippen LogP contribution in [0.3, 0.4) is 0 Å². The highest BCUT2D eigenvalue weighted by molar-refractivity contribution is 9.10. The number of carbonyl (C=O) groups is 1. The maximum atomic E-state index is 12.0. The molecule has 0 spiro atoms. The summed E-state index contributed by atoms with van der Waals surface area (Å²) in [5.41, 5.74) is 0. The molecule has 2 rings (SSSR count). The highest BCUT2D eigenvalue weighted by atomic mass is 79.9. The average molecular weight is 342 g/mol. The molecule has 1 aliphatic heterocycles. The third-order valence-electron chi connectivity index (χ3n) is 3.44. The van der Waals surface area contributed by atoms with Gasteiger partial charge in [0.2, 0.25) is 5.91 Å². The molecular weight excluding hydrogens is 322 g/mol. The molecular formula is C14H20BrN3O2. The van der Waals surface area contributed by atoms with Gasteiger partial charge in [-0.3, -0.25) is 4.79 Å². The first-order valence-electron chi connectivity index (χ1n) is 6.88. The Balaban J connectivity index is 1.83. The highest BCUT2D eigenvalue weighted by Gasteiger charge is 2.21. The molecule has 1 N–H and O–H groups in total. The number of aliphatic hydroxyl groups is 1. The number of carbonyl (C=O) groups excluding carboxylic acids is 1. The molecule has 1 unspecified atom stereocenters. The standard InChI is InChI=1S/C14H20BrN3O2/c1-11(19)2-5-14(20)18-8-6-17(7-9-18)13-4-3-12(15)10-16-13/h3-4,10-11,19H,2,5-9H2,1H3. The second-order valence-corrected chi connectivity index (χ2v) is 6.01. The lowest BCUT2D eigenvalue weighted by Crippen LogP contribution is -2.49. The number of piperazine rings is 1. The average Bonchev–Trinajstić information content (AvgIpc) is 2.46. The van der Waals surface area contributed by atoms with Gasteiger partial charge in [-0.25, -0.2) is 4.98 Å². The summed E-state index contributed by atoms with van der Waals surface area (Å²) in [5, 5.41) is 9.22. The molecule has 0 saturated carbocycles. The Hall–Kier alpha value is -1.14. The van der Waals surface area contributed by atoms with Crippen molar-refractivity contribution in [3.05, 3.63) is 22.8 Å². The van der Waals surface area contributed by atoms with Gasteiger partial charge >= 0.3 is 0 Å². The largest absolute Gasteiger partial charge is 0.393 e. The number of hydrogen-bond donors (Lipinski definition) is 1. The molecule has 1 aliphatic rings. The van der Waals surface area contributed by atoms with Crippen LogP contribution in [0.15, 0.2) is 22.8 Å². The van der Waals surface area contributed by atoms with Gasteiger partial charge in [-0.15, -0.1) is 0 Å². The SMILES string of the molecule is CC(O)CCC(=O)N1CCN(c2ccc(Br)cn2)CC1. The molecule has 110 valence electrons. The predicted octanol–water partition coefficient (Wildman–Crippen LogP) is 1.65. The van der Waals surface area contributed by atoms with Crippen LogP contribution < -0.4 is 4.90 Å². The fraction of sp³-hybridized carbons (Fsp3) is 0.571. The van der Waals surface area contributed by atoms with Gasteiger partial charge in [0.05, 0.1) is 6.10 Å². The summed E-state index contributed by atoms with van der Waals surface area (Å²) >= 11 is 3.37. The summed E-state index contributed by atoms with van der Waals surface area (Å²) in [5.74, 6) is 1.08. The second kappa shape index (κ2) is 7.04. The Morgan fingerprint density at radius 1 is 1.40 bits per heavy atom. The number of amides is 1. The molecule has 1 aromatic heterocycles. The van der Waals surface area contributed by atoms with Gasteiger partial charge in [0, 0.05) is 43.3 Å². The van der Waals surface area contributed by atoms with E-state index in [1.54, 1.807) is 13.1 Å². The summed E-state index contributed by atoms with van der Waals surface area (Å²) in [6, 6.07) is 3.96. The van der Waals surface area contributed by atoms with Crippen molar-refractivity contribution in [3.8, 4) is 0 Å². The number of anilines is 1. The van der Waals surface area contributed by atoms with Crippen LogP contribution in [-0.2, 0) is 4.79 Å². The molecule has 20 heavy (non-hydrogen) atoms. The highest BCUT2D eigenvalue weighted by Crippen LogP contribution is 2.17. The first-order valence-corrected chi connectivity index (χ1v) is 7.68. The minimum atomic E-state index is -0.410. The molecule has 2 heterocycles. The maximum Gasteiger partial charge on any atom is 0.222 e. The molecule has 5 nitrogen and oxygen atoms in total. The van der Waals surface area contributed by atoms with Crippen LogP contribution in [0.25, 0.3) is 0 Å². The van der Waals surface area contributed by atoms with Crippen molar-refractivity contribution in [1.82, 2.24) is 9.88 Å². The van der Waals surface area contributed by atoms with Gasteiger partial charge in [-0.1, -0.05) is 0 Å². The zero-order valence-electron chi connectivity index (χ0n) is 11.6. The van der Waals surface area contributed by atoms with Gasteiger partial charge in [-0.2, -0.15) is 0 Å². The predicted molar refractivity (Wildman–Crippen MR) is 81.6 cm³/mol. The third kappa shape index (κ3) is 4.18. The summed E-state index contributed by atoms with van der Waals surface area (Å²) in [7, 11) is 0. The second-order valence-electron chi connectivity index (χ2n) is 5.09. The Morgan fingerprint density at radius 2 is 2.10 bits per heavy atom. The van der Waals surface area contributed by atoms with Crippen LogP contribution >= 0.6 is 15.9 Å². The molecule has 1 atom stereocenters. The van der Waals surface area contributed by atoms with Crippen LogP contribution in [0.4, 0.5) is 5.82 Å². The van der Waals surface area contributed by atoms with Crippen molar-refractivity contribution >= 4 is 27.7 Å². The number of pyridine rings is 1. The fourth-order valence-corrected chi connectivity index (χ4v) is 2.47. The van der Waals surface area contributed by atoms with Crippen molar-refractivity contribution in [2.45, 2.75) is 25.9 Å². The molecule has 0 aromatic carbocycles. The Kier molecular flexibility index (Phi) is 5.37. The van der Waals surface area contributed by atoms with E-state index >= 15 is 0 Å². The molecule has 6 heteroatoms. The maximum absolute atomic E-state index is 12.0. The Bertz CT molecular complexity index is 442. The molecule has 0 bridgehead atoms. The number of rotatable bonds is 4. The van der Waals surface area contributed by atoms with Crippen molar-refractivity contribution in [2.75, 3.05) is 31.1 Å².